The maximum Gasteiger partial charge on any atom is 0.260 e. The third kappa shape index (κ3) is 5.46. The van der Waals surface area contributed by atoms with Gasteiger partial charge in [0.15, 0.2) is 6.10 Å². The highest BCUT2D eigenvalue weighted by molar-refractivity contribution is 7.89. The Balaban J connectivity index is 1.24. The molecule has 0 bridgehead atoms. The molecule has 1 amide bonds. The second-order valence-electron chi connectivity index (χ2n) is 7.96. The largest absolute Gasteiger partial charge is 0.492 e. The van der Waals surface area contributed by atoms with Crippen molar-refractivity contribution in [1.82, 2.24) is 9.62 Å². The van der Waals surface area contributed by atoms with Crippen molar-refractivity contribution in [2.75, 3.05) is 26.2 Å². The van der Waals surface area contributed by atoms with Crippen LogP contribution in [0.2, 0.25) is 0 Å². The molecular weight excluding hydrogens is 440 g/mol. The van der Waals surface area contributed by atoms with E-state index in [1.807, 2.05) is 42.5 Å². The van der Waals surface area contributed by atoms with E-state index >= 15 is 0 Å². The highest BCUT2D eigenvalue weighted by Crippen LogP contribution is 2.26. The summed E-state index contributed by atoms with van der Waals surface area (Å²) in [5.74, 6) is 0.972. The Morgan fingerprint density at radius 3 is 2.45 bits per heavy atom. The van der Waals surface area contributed by atoms with Crippen LogP contribution in [0.4, 0.5) is 0 Å². The van der Waals surface area contributed by atoms with Gasteiger partial charge in [0.2, 0.25) is 10.0 Å². The van der Waals surface area contributed by atoms with Gasteiger partial charge in [0.05, 0.1) is 11.4 Å². The summed E-state index contributed by atoms with van der Waals surface area (Å²) in [6, 6.07) is 20.0. The van der Waals surface area contributed by atoms with Gasteiger partial charge >= 0.3 is 0 Å². The first-order valence-electron chi connectivity index (χ1n) is 11.1. The van der Waals surface area contributed by atoms with E-state index in [9.17, 15) is 13.2 Å². The van der Waals surface area contributed by atoms with Gasteiger partial charge in [0, 0.05) is 18.5 Å². The number of carbonyl (C=O) groups is 1. The predicted molar refractivity (Wildman–Crippen MR) is 127 cm³/mol. The van der Waals surface area contributed by atoms with Crippen LogP contribution >= 0.6 is 0 Å². The second-order valence-corrected chi connectivity index (χ2v) is 9.90. The molecule has 1 aliphatic heterocycles. The van der Waals surface area contributed by atoms with Crippen molar-refractivity contribution in [1.29, 1.82) is 0 Å². The van der Waals surface area contributed by atoms with Crippen LogP contribution in [-0.2, 0) is 14.8 Å². The summed E-state index contributed by atoms with van der Waals surface area (Å²) in [6.45, 7) is 3.41. The fourth-order valence-corrected chi connectivity index (χ4v) is 5.33. The molecule has 0 aliphatic carbocycles. The van der Waals surface area contributed by atoms with Gasteiger partial charge in [-0.1, -0.05) is 36.4 Å². The van der Waals surface area contributed by atoms with E-state index in [0.717, 1.165) is 23.6 Å². The van der Waals surface area contributed by atoms with Crippen molar-refractivity contribution in [2.24, 2.45) is 0 Å². The zero-order chi connectivity index (χ0) is 23.3. The van der Waals surface area contributed by atoms with Crippen LogP contribution in [0.3, 0.4) is 0 Å². The summed E-state index contributed by atoms with van der Waals surface area (Å²) in [7, 11) is -3.43. The highest BCUT2D eigenvalue weighted by atomic mass is 32.2. The first kappa shape index (κ1) is 23.1. The summed E-state index contributed by atoms with van der Waals surface area (Å²) in [6.07, 6.45) is 1.14. The summed E-state index contributed by atoms with van der Waals surface area (Å²) in [4.78, 5) is 12.7. The van der Waals surface area contributed by atoms with Crippen LogP contribution < -0.4 is 14.8 Å². The molecule has 3 aromatic rings. The summed E-state index contributed by atoms with van der Waals surface area (Å²) in [5.41, 5.74) is 0. The second kappa shape index (κ2) is 10.2. The van der Waals surface area contributed by atoms with Crippen LogP contribution in [-0.4, -0.2) is 51.0 Å². The molecule has 1 fully saturated rings. The minimum absolute atomic E-state index is 0.237. The number of amides is 1. The van der Waals surface area contributed by atoms with Gasteiger partial charge in [-0.3, -0.25) is 4.79 Å². The van der Waals surface area contributed by atoms with Crippen LogP contribution in [0, 0.1) is 0 Å². The molecular formula is C25H28N2O5S. The van der Waals surface area contributed by atoms with E-state index in [1.165, 1.54) is 4.31 Å². The van der Waals surface area contributed by atoms with Gasteiger partial charge in [-0.15, -0.1) is 0 Å². The van der Waals surface area contributed by atoms with Crippen molar-refractivity contribution in [3.05, 3.63) is 66.7 Å². The normalized spacial score (nSPS) is 15.3. The maximum atomic E-state index is 12.6. The Morgan fingerprint density at radius 1 is 1.00 bits per heavy atom. The van der Waals surface area contributed by atoms with E-state index in [1.54, 1.807) is 31.2 Å². The molecule has 7 nitrogen and oxygen atoms in total. The lowest BCUT2D eigenvalue weighted by atomic mass is 10.1. The lowest BCUT2D eigenvalue weighted by molar-refractivity contribution is -0.127. The van der Waals surface area contributed by atoms with Gasteiger partial charge in [0.1, 0.15) is 18.1 Å². The number of fused-ring (bicyclic) bond motifs is 1. The van der Waals surface area contributed by atoms with Crippen molar-refractivity contribution in [2.45, 2.75) is 30.8 Å². The van der Waals surface area contributed by atoms with Gasteiger partial charge in [-0.25, -0.2) is 8.42 Å². The molecule has 4 rings (SSSR count). The summed E-state index contributed by atoms with van der Waals surface area (Å²) >= 11 is 0. The SMILES string of the molecule is C[C@@H](Oc1cccc2ccccc12)C(=O)NCCOc1ccc(S(=O)(=O)N2CCCC2)cc1. The third-order valence-electron chi connectivity index (χ3n) is 5.62. The standard InChI is InChI=1S/C25H28N2O5S/c1-19(32-24-10-6-8-20-7-2-3-9-23(20)24)25(28)26-15-18-31-21-11-13-22(14-12-21)33(29,30)27-16-4-5-17-27/h2-3,6-14,19H,4-5,15-18H2,1H3,(H,26,28)/t19-/m1/s1. The molecule has 33 heavy (non-hydrogen) atoms. The quantitative estimate of drug-likeness (QED) is 0.485. The molecule has 174 valence electrons. The van der Waals surface area contributed by atoms with E-state index in [4.69, 9.17) is 9.47 Å². The van der Waals surface area contributed by atoms with E-state index < -0.39 is 16.1 Å². The monoisotopic (exact) mass is 468 g/mol. The number of sulfonamides is 1. The van der Waals surface area contributed by atoms with E-state index in [2.05, 4.69) is 5.32 Å². The molecule has 1 aliphatic rings. The molecule has 3 aromatic carbocycles. The highest BCUT2D eigenvalue weighted by Gasteiger charge is 2.27. The Hall–Kier alpha value is -3.10. The molecule has 8 heteroatoms. The van der Waals surface area contributed by atoms with Crippen LogP contribution in [0.15, 0.2) is 71.6 Å². The molecule has 1 N–H and O–H groups in total. The molecule has 0 spiro atoms. The Kier molecular flexibility index (Phi) is 7.15. The van der Waals surface area contributed by atoms with Gasteiger partial charge in [-0.2, -0.15) is 4.31 Å². The van der Waals surface area contributed by atoms with Crippen molar-refractivity contribution in [3.8, 4) is 11.5 Å². The Labute approximate surface area is 194 Å². The number of ether oxygens (including phenoxy) is 2. The molecule has 0 radical (unpaired) electrons. The van der Waals surface area contributed by atoms with Crippen molar-refractivity contribution >= 4 is 26.7 Å². The zero-order valence-electron chi connectivity index (χ0n) is 18.6. The molecule has 1 atom stereocenters. The van der Waals surface area contributed by atoms with Crippen LogP contribution in [0.1, 0.15) is 19.8 Å². The molecule has 1 saturated heterocycles. The number of hydrogen-bond acceptors (Lipinski definition) is 5. The number of carbonyl (C=O) groups excluding carboxylic acids is 1. The number of hydrogen-bond donors (Lipinski definition) is 1. The fourth-order valence-electron chi connectivity index (χ4n) is 3.81. The first-order chi connectivity index (χ1) is 15.9. The number of nitrogens with one attached hydrogen (secondary N) is 1. The topological polar surface area (TPSA) is 84.9 Å². The lowest BCUT2D eigenvalue weighted by Gasteiger charge is -2.17. The number of benzene rings is 3. The van der Waals surface area contributed by atoms with Crippen molar-refractivity contribution in [3.63, 3.8) is 0 Å². The minimum atomic E-state index is -3.43. The van der Waals surface area contributed by atoms with E-state index in [-0.39, 0.29) is 17.4 Å². The Morgan fingerprint density at radius 2 is 1.70 bits per heavy atom. The third-order valence-corrected chi connectivity index (χ3v) is 7.53. The number of nitrogens with zero attached hydrogens (tertiary/aromatic N) is 1. The summed E-state index contributed by atoms with van der Waals surface area (Å²) < 4.78 is 38.2. The van der Waals surface area contributed by atoms with Gasteiger partial charge in [0.25, 0.3) is 5.91 Å². The molecule has 0 saturated carbocycles. The van der Waals surface area contributed by atoms with Gasteiger partial charge in [-0.05, 0) is 55.5 Å². The average molecular weight is 469 g/mol. The molecule has 0 aromatic heterocycles. The van der Waals surface area contributed by atoms with Crippen LogP contribution in [0.5, 0.6) is 11.5 Å². The Bertz CT molecular complexity index is 1200. The predicted octanol–water partition coefficient (Wildman–Crippen LogP) is 3.59. The summed E-state index contributed by atoms with van der Waals surface area (Å²) in [5, 5.41) is 4.81. The molecule has 1 heterocycles. The minimum Gasteiger partial charge on any atom is -0.492 e. The average Bonchev–Trinajstić information content (AvgIpc) is 3.38. The van der Waals surface area contributed by atoms with Crippen molar-refractivity contribution < 1.29 is 22.7 Å². The van der Waals surface area contributed by atoms with E-state index in [0.29, 0.717) is 31.1 Å². The maximum absolute atomic E-state index is 12.6. The van der Waals surface area contributed by atoms with Crippen LogP contribution in [0.25, 0.3) is 10.8 Å². The smallest absolute Gasteiger partial charge is 0.260 e. The number of rotatable bonds is 9. The fraction of sp³-hybridized carbons (Fsp3) is 0.320. The molecule has 0 unspecified atom stereocenters. The van der Waals surface area contributed by atoms with Gasteiger partial charge < -0.3 is 14.8 Å². The lowest BCUT2D eigenvalue weighted by Crippen LogP contribution is -2.38. The first-order valence-corrected chi connectivity index (χ1v) is 12.5. The zero-order valence-corrected chi connectivity index (χ0v) is 19.4.